The topological polar surface area (TPSA) is 55.6 Å². The number of rotatable bonds is 2. The van der Waals surface area contributed by atoms with Gasteiger partial charge in [-0.3, -0.25) is 4.79 Å². The van der Waals surface area contributed by atoms with E-state index in [0.717, 1.165) is 25.8 Å². The first-order chi connectivity index (χ1) is 6.70. The van der Waals surface area contributed by atoms with Crippen molar-refractivity contribution in [2.75, 3.05) is 13.7 Å². The summed E-state index contributed by atoms with van der Waals surface area (Å²) in [5.74, 6) is 0.222. The second-order valence-corrected chi connectivity index (χ2v) is 4.33. The van der Waals surface area contributed by atoms with Crippen LogP contribution >= 0.6 is 0 Å². The van der Waals surface area contributed by atoms with E-state index in [2.05, 4.69) is 0 Å². The van der Waals surface area contributed by atoms with Gasteiger partial charge in [0.1, 0.15) is 0 Å². The molecule has 1 saturated carbocycles. The molecule has 0 bridgehead atoms. The first-order valence-electron chi connectivity index (χ1n) is 5.28. The third-order valence-electron chi connectivity index (χ3n) is 3.32. The van der Waals surface area contributed by atoms with E-state index in [1.54, 1.807) is 7.11 Å². The van der Waals surface area contributed by atoms with Gasteiger partial charge >= 0.3 is 0 Å². The quantitative estimate of drug-likeness (QED) is 0.685. The number of hydrogen-bond donors (Lipinski definition) is 1. The molecule has 3 atom stereocenters. The molecule has 2 aliphatic rings. The zero-order valence-electron chi connectivity index (χ0n) is 8.61. The summed E-state index contributed by atoms with van der Waals surface area (Å²) in [6, 6.07) is 0.421. The van der Waals surface area contributed by atoms with Gasteiger partial charge in [-0.1, -0.05) is 0 Å². The van der Waals surface area contributed by atoms with Crippen LogP contribution in [0.2, 0.25) is 0 Å². The van der Waals surface area contributed by atoms with Crippen LogP contribution in [0.15, 0.2) is 0 Å². The van der Waals surface area contributed by atoms with Gasteiger partial charge in [-0.25, -0.2) is 0 Å². The number of carbonyl (C=O) groups excluding carboxylic acids is 1. The smallest absolute Gasteiger partial charge is 0.224 e. The second-order valence-electron chi connectivity index (χ2n) is 4.33. The normalized spacial score (nSPS) is 38.3. The highest BCUT2D eigenvalue weighted by molar-refractivity contribution is 5.79. The fourth-order valence-electron chi connectivity index (χ4n) is 2.53. The standard InChI is InChI=1S/C10H18N2O2/c1-14-9-3-2-8(5-9)12-6-7(11)4-10(12)13/h7-9H,2-6,11H2,1H3. The summed E-state index contributed by atoms with van der Waals surface area (Å²) in [6.07, 6.45) is 3.98. The molecule has 2 fully saturated rings. The van der Waals surface area contributed by atoms with Crippen molar-refractivity contribution in [2.45, 2.75) is 43.9 Å². The molecule has 14 heavy (non-hydrogen) atoms. The van der Waals surface area contributed by atoms with Gasteiger partial charge < -0.3 is 15.4 Å². The van der Waals surface area contributed by atoms with E-state index in [1.165, 1.54) is 0 Å². The zero-order valence-corrected chi connectivity index (χ0v) is 8.61. The molecule has 1 amide bonds. The zero-order chi connectivity index (χ0) is 10.1. The molecule has 1 heterocycles. The summed E-state index contributed by atoms with van der Waals surface area (Å²) in [4.78, 5) is 13.5. The molecule has 1 aliphatic heterocycles. The molecule has 1 aliphatic carbocycles. The molecule has 4 nitrogen and oxygen atoms in total. The number of methoxy groups -OCH3 is 1. The minimum absolute atomic E-state index is 0.0455. The average molecular weight is 198 g/mol. The lowest BCUT2D eigenvalue weighted by molar-refractivity contribution is -0.129. The van der Waals surface area contributed by atoms with Crippen LogP contribution in [0.1, 0.15) is 25.7 Å². The Morgan fingerprint density at radius 2 is 2.29 bits per heavy atom. The minimum atomic E-state index is 0.0455. The van der Waals surface area contributed by atoms with Crippen LogP contribution in [0.25, 0.3) is 0 Å². The van der Waals surface area contributed by atoms with Crippen molar-refractivity contribution < 1.29 is 9.53 Å². The van der Waals surface area contributed by atoms with Crippen LogP contribution in [0.3, 0.4) is 0 Å². The van der Waals surface area contributed by atoms with E-state index in [0.29, 0.717) is 18.6 Å². The molecule has 80 valence electrons. The maximum absolute atomic E-state index is 11.6. The molecule has 2 N–H and O–H groups in total. The van der Waals surface area contributed by atoms with Gasteiger partial charge in [0.05, 0.1) is 6.10 Å². The van der Waals surface area contributed by atoms with Gasteiger partial charge in [-0.05, 0) is 19.3 Å². The third kappa shape index (κ3) is 1.77. The SMILES string of the molecule is COC1CCC(N2CC(N)CC2=O)C1. The molecule has 0 aromatic carbocycles. The molecule has 0 spiro atoms. The van der Waals surface area contributed by atoms with E-state index in [1.807, 2.05) is 4.90 Å². The van der Waals surface area contributed by atoms with Crippen molar-refractivity contribution in [3.63, 3.8) is 0 Å². The Morgan fingerprint density at radius 3 is 2.79 bits per heavy atom. The minimum Gasteiger partial charge on any atom is -0.381 e. The largest absolute Gasteiger partial charge is 0.381 e. The fourth-order valence-corrected chi connectivity index (χ4v) is 2.53. The summed E-state index contributed by atoms with van der Waals surface area (Å²) in [5.41, 5.74) is 5.76. The highest BCUT2D eigenvalue weighted by Crippen LogP contribution is 2.28. The van der Waals surface area contributed by atoms with Crippen molar-refractivity contribution in [3.05, 3.63) is 0 Å². The highest BCUT2D eigenvalue weighted by atomic mass is 16.5. The lowest BCUT2D eigenvalue weighted by Gasteiger charge is -2.23. The molecule has 2 rings (SSSR count). The summed E-state index contributed by atoms with van der Waals surface area (Å²) in [6.45, 7) is 0.736. The van der Waals surface area contributed by atoms with Crippen LogP contribution in [-0.4, -0.2) is 42.6 Å². The van der Waals surface area contributed by atoms with Crippen LogP contribution in [0, 0.1) is 0 Å². The molecule has 4 heteroatoms. The average Bonchev–Trinajstić information content (AvgIpc) is 2.71. The van der Waals surface area contributed by atoms with E-state index in [9.17, 15) is 4.79 Å². The second kappa shape index (κ2) is 3.87. The predicted octanol–water partition coefficient (Wildman–Crippen LogP) is 0.113. The summed E-state index contributed by atoms with van der Waals surface area (Å²) in [7, 11) is 1.74. The third-order valence-corrected chi connectivity index (χ3v) is 3.32. The van der Waals surface area contributed by atoms with Crippen molar-refractivity contribution in [3.8, 4) is 0 Å². The lowest BCUT2D eigenvalue weighted by Crippen LogP contribution is -2.36. The summed E-state index contributed by atoms with van der Waals surface area (Å²) < 4.78 is 5.29. The molecular weight excluding hydrogens is 180 g/mol. The van der Waals surface area contributed by atoms with Gasteiger partial charge in [0.15, 0.2) is 0 Å². The Hall–Kier alpha value is -0.610. The molecular formula is C10H18N2O2. The number of amides is 1. The molecule has 0 aromatic rings. The van der Waals surface area contributed by atoms with Crippen LogP contribution in [0.5, 0.6) is 0 Å². The van der Waals surface area contributed by atoms with Gasteiger partial charge in [0.25, 0.3) is 0 Å². The maximum Gasteiger partial charge on any atom is 0.224 e. The number of nitrogens with zero attached hydrogens (tertiary/aromatic N) is 1. The molecule has 0 aromatic heterocycles. The first kappa shape index (κ1) is 9.93. The number of nitrogens with two attached hydrogens (primary N) is 1. The molecule has 1 saturated heterocycles. The number of ether oxygens (including phenoxy) is 1. The van der Waals surface area contributed by atoms with E-state index >= 15 is 0 Å². The van der Waals surface area contributed by atoms with E-state index in [4.69, 9.17) is 10.5 Å². The monoisotopic (exact) mass is 198 g/mol. The Labute approximate surface area is 84.4 Å². The van der Waals surface area contributed by atoms with Gasteiger partial charge in [-0.2, -0.15) is 0 Å². The Balaban J connectivity index is 1.93. The lowest BCUT2D eigenvalue weighted by atomic mass is 10.2. The van der Waals surface area contributed by atoms with Crippen molar-refractivity contribution >= 4 is 5.91 Å². The number of likely N-dealkylation sites (tertiary alicyclic amines) is 1. The summed E-state index contributed by atoms with van der Waals surface area (Å²) in [5, 5.41) is 0. The predicted molar refractivity (Wildman–Crippen MR) is 52.7 cm³/mol. The van der Waals surface area contributed by atoms with Crippen LogP contribution in [-0.2, 0) is 9.53 Å². The van der Waals surface area contributed by atoms with Crippen LogP contribution < -0.4 is 5.73 Å². The van der Waals surface area contributed by atoms with E-state index in [-0.39, 0.29) is 11.9 Å². The van der Waals surface area contributed by atoms with Gasteiger partial charge in [0.2, 0.25) is 5.91 Å². The van der Waals surface area contributed by atoms with Crippen molar-refractivity contribution in [1.29, 1.82) is 0 Å². The van der Waals surface area contributed by atoms with Gasteiger partial charge in [0, 0.05) is 32.2 Å². The van der Waals surface area contributed by atoms with Crippen molar-refractivity contribution in [2.24, 2.45) is 5.73 Å². The number of hydrogen-bond acceptors (Lipinski definition) is 3. The fraction of sp³-hybridized carbons (Fsp3) is 0.900. The first-order valence-corrected chi connectivity index (χ1v) is 5.28. The molecule has 3 unspecified atom stereocenters. The Morgan fingerprint density at radius 1 is 1.50 bits per heavy atom. The van der Waals surface area contributed by atoms with Crippen molar-refractivity contribution in [1.82, 2.24) is 4.90 Å². The van der Waals surface area contributed by atoms with Gasteiger partial charge in [-0.15, -0.1) is 0 Å². The Bertz CT molecular complexity index is 232. The van der Waals surface area contributed by atoms with E-state index < -0.39 is 0 Å². The molecule has 0 radical (unpaired) electrons. The highest BCUT2D eigenvalue weighted by Gasteiger charge is 2.36. The maximum atomic E-state index is 11.6. The Kier molecular flexibility index (Phi) is 2.74. The number of carbonyl (C=O) groups is 1. The van der Waals surface area contributed by atoms with Crippen LogP contribution in [0.4, 0.5) is 0 Å². The summed E-state index contributed by atoms with van der Waals surface area (Å²) >= 11 is 0.